The molecule has 31 heavy (non-hydrogen) atoms. The minimum Gasteiger partial charge on any atom is -0.306 e. The van der Waals surface area contributed by atoms with E-state index >= 15 is 0 Å². The standard InChI is InChI=1S/C20H18N6O4S/c1-31(29,30)24-15-8-10-16(11-9-15)26-20(28)17(25-13-5-12-21-25)18(23-26)22-19(27)14-6-3-2-4-7-14/h2-13,17,24H,1H3,(H,22,23,27). The highest BCUT2D eigenvalue weighted by Crippen LogP contribution is 2.27. The third-order valence-electron chi connectivity index (χ3n) is 4.39. The predicted octanol–water partition coefficient (Wildman–Crippen LogP) is 1.59. The highest BCUT2D eigenvalue weighted by Gasteiger charge is 2.39. The van der Waals surface area contributed by atoms with Crippen molar-refractivity contribution >= 4 is 39.0 Å². The zero-order chi connectivity index (χ0) is 22.0. The first kappa shape index (κ1) is 20.3. The van der Waals surface area contributed by atoms with Crippen molar-refractivity contribution in [3.05, 3.63) is 78.6 Å². The largest absolute Gasteiger partial charge is 0.306 e. The average molecular weight is 438 g/mol. The van der Waals surface area contributed by atoms with Crippen molar-refractivity contribution in [2.24, 2.45) is 5.10 Å². The third kappa shape index (κ3) is 4.46. The predicted molar refractivity (Wildman–Crippen MR) is 115 cm³/mol. The Bertz CT molecular complexity index is 1240. The molecule has 2 heterocycles. The molecular weight excluding hydrogens is 420 g/mol. The number of hydrogen-bond donors (Lipinski definition) is 2. The molecule has 1 aliphatic rings. The summed E-state index contributed by atoms with van der Waals surface area (Å²) in [7, 11) is -3.42. The lowest BCUT2D eigenvalue weighted by atomic mass is 10.2. The molecule has 2 amide bonds. The fourth-order valence-corrected chi connectivity index (χ4v) is 3.62. The number of rotatable bonds is 5. The van der Waals surface area contributed by atoms with Crippen LogP contribution in [0, 0.1) is 0 Å². The number of benzene rings is 2. The number of carbonyl (C=O) groups is 2. The molecule has 1 unspecified atom stereocenters. The van der Waals surface area contributed by atoms with E-state index in [0.717, 1.165) is 11.3 Å². The van der Waals surface area contributed by atoms with Gasteiger partial charge >= 0.3 is 0 Å². The van der Waals surface area contributed by atoms with Crippen LogP contribution in [0.3, 0.4) is 0 Å². The Hall–Kier alpha value is -3.99. The van der Waals surface area contributed by atoms with Crippen LogP contribution in [0.25, 0.3) is 0 Å². The average Bonchev–Trinajstić information content (AvgIpc) is 3.36. The van der Waals surface area contributed by atoms with E-state index in [9.17, 15) is 18.0 Å². The van der Waals surface area contributed by atoms with Gasteiger partial charge in [0.05, 0.1) is 11.9 Å². The summed E-state index contributed by atoms with van der Waals surface area (Å²) in [6.07, 6.45) is 4.18. The van der Waals surface area contributed by atoms with Gasteiger partial charge in [-0.1, -0.05) is 18.2 Å². The van der Waals surface area contributed by atoms with Crippen molar-refractivity contribution in [3.63, 3.8) is 0 Å². The Balaban J connectivity index is 1.64. The first-order valence-corrected chi connectivity index (χ1v) is 11.1. The van der Waals surface area contributed by atoms with E-state index < -0.39 is 27.9 Å². The number of aromatic nitrogens is 2. The Labute approximate surface area is 178 Å². The molecule has 3 aromatic rings. The molecule has 10 nitrogen and oxygen atoms in total. The maximum Gasteiger partial charge on any atom is 0.280 e. The highest BCUT2D eigenvalue weighted by molar-refractivity contribution is 7.92. The van der Waals surface area contributed by atoms with Crippen LogP contribution < -0.4 is 15.0 Å². The van der Waals surface area contributed by atoms with Crippen molar-refractivity contribution < 1.29 is 18.0 Å². The Kier molecular flexibility index (Phi) is 5.26. The second-order valence-electron chi connectivity index (χ2n) is 6.77. The molecule has 0 aliphatic carbocycles. The van der Waals surface area contributed by atoms with Crippen LogP contribution in [0.4, 0.5) is 11.4 Å². The van der Waals surface area contributed by atoms with Crippen molar-refractivity contribution in [3.8, 4) is 0 Å². The maximum atomic E-state index is 13.1. The van der Waals surface area contributed by atoms with E-state index in [2.05, 4.69) is 20.2 Å². The molecule has 1 atom stereocenters. The lowest BCUT2D eigenvalue weighted by molar-refractivity contribution is -0.119. The van der Waals surface area contributed by atoms with Gasteiger partial charge in [0.1, 0.15) is 0 Å². The topological polar surface area (TPSA) is 126 Å². The molecule has 0 bridgehead atoms. The zero-order valence-corrected chi connectivity index (χ0v) is 17.2. The lowest BCUT2D eigenvalue weighted by Gasteiger charge is -2.15. The van der Waals surface area contributed by atoms with E-state index in [1.807, 2.05) is 0 Å². The van der Waals surface area contributed by atoms with E-state index in [4.69, 9.17) is 0 Å². The zero-order valence-electron chi connectivity index (χ0n) is 16.3. The van der Waals surface area contributed by atoms with Crippen molar-refractivity contribution in [1.29, 1.82) is 0 Å². The number of nitrogens with one attached hydrogen (secondary N) is 2. The first-order valence-electron chi connectivity index (χ1n) is 9.18. The number of hydrazone groups is 1. The highest BCUT2D eigenvalue weighted by atomic mass is 32.2. The van der Waals surface area contributed by atoms with Crippen molar-refractivity contribution in [1.82, 2.24) is 15.1 Å². The fourth-order valence-electron chi connectivity index (χ4n) is 3.06. The second-order valence-corrected chi connectivity index (χ2v) is 8.51. The molecule has 2 aromatic carbocycles. The summed E-state index contributed by atoms with van der Waals surface area (Å²) in [6.45, 7) is 0. The smallest absolute Gasteiger partial charge is 0.280 e. The van der Waals surface area contributed by atoms with E-state index in [1.54, 1.807) is 54.7 Å². The van der Waals surface area contributed by atoms with E-state index in [-0.39, 0.29) is 5.84 Å². The molecule has 0 radical (unpaired) electrons. The maximum absolute atomic E-state index is 13.1. The number of amidine groups is 1. The van der Waals surface area contributed by atoms with Gasteiger partial charge in [-0.15, -0.1) is 5.10 Å². The number of nitrogens with zero attached hydrogens (tertiary/aromatic N) is 4. The van der Waals surface area contributed by atoms with Crippen molar-refractivity contribution in [2.45, 2.75) is 6.04 Å². The molecule has 4 rings (SSSR count). The summed E-state index contributed by atoms with van der Waals surface area (Å²) in [5.74, 6) is -0.698. The van der Waals surface area contributed by atoms with E-state index in [0.29, 0.717) is 16.9 Å². The third-order valence-corrected chi connectivity index (χ3v) is 5.00. The second kappa shape index (κ2) is 8.03. The van der Waals surface area contributed by atoms with Gasteiger partial charge in [-0.3, -0.25) is 19.0 Å². The lowest BCUT2D eigenvalue weighted by Crippen LogP contribution is -2.38. The van der Waals surface area contributed by atoms with Crippen molar-refractivity contribution in [2.75, 3.05) is 16.0 Å². The van der Waals surface area contributed by atoms with Crippen LogP contribution >= 0.6 is 0 Å². The number of sulfonamides is 1. The van der Waals surface area contributed by atoms with Crippen LogP contribution in [-0.2, 0) is 14.8 Å². The van der Waals surface area contributed by atoms with Gasteiger partial charge in [0.15, 0.2) is 11.9 Å². The van der Waals surface area contributed by atoms with Gasteiger partial charge in [-0.05, 0) is 42.5 Å². The van der Waals surface area contributed by atoms with Gasteiger partial charge in [-0.2, -0.15) is 10.1 Å². The van der Waals surface area contributed by atoms with Crippen LogP contribution in [0.2, 0.25) is 0 Å². The fraction of sp³-hybridized carbons (Fsp3) is 0.100. The molecule has 0 spiro atoms. The van der Waals surface area contributed by atoms with Crippen LogP contribution in [-0.4, -0.2) is 42.1 Å². The number of amides is 2. The Morgan fingerprint density at radius 3 is 2.35 bits per heavy atom. The van der Waals surface area contributed by atoms with Gasteiger partial charge < -0.3 is 5.32 Å². The van der Waals surface area contributed by atoms with Gasteiger partial charge in [0.25, 0.3) is 11.8 Å². The molecule has 11 heteroatoms. The van der Waals surface area contributed by atoms with Gasteiger partial charge in [0, 0.05) is 23.6 Å². The van der Waals surface area contributed by atoms with Crippen LogP contribution in [0.1, 0.15) is 16.4 Å². The summed E-state index contributed by atoms with van der Waals surface area (Å²) >= 11 is 0. The normalized spacial score (nSPS) is 16.2. The summed E-state index contributed by atoms with van der Waals surface area (Å²) in [4.78, 5) is 25.8. The first-order chi connectivity index (χ1) is 14.8. The summed E-state index contributed by atoms with van der Waals surface area (Å²) in [5, 5.41) is 12.3. The summed E-state index contributed by atoms with van der Waals surface area (Å²) in [6, 6.07) is 15.4. The minimum atomic E-state index is -3.42. The molecule has 2 N–H and O–H groups in total. The molecule has 1 aliphatic heterocycles. The number of carbonyl (C=O) groups excluding carboxylic acids is 2. The molecule has 0 fully saturated rings. The molecule has 158 valence electrons. The minimum absolute atomic E-state index is 0.126. The van der Waals surface area contributed by atoms with Gasteiger partial charge in [0.2, 0.25) is 10.0 Å². The molecular formula is C20H18N6O4S. The number of hydrogen-bond acceptors (Lipinski definition) is 6. The van der Waals surface area contributed by atoms with Crippen LogP contribution in [0.5, 0.6) is 0 Å². The summed E-state index contributed by atoms with van der Waals surface area (Å²) < 4.78 is 26.5. The Morgan fingerprint density at radius 1 is 1.03 bits per heavy atom. The quantitative estimate of drug-likeness (QED) is 0.626. The monoisotopic (exact) mass is 438 g/mol. The molecule has 1 aromatic heterocycles. The number of anilines is 2. The summed E-state index contributed by atoms with van der Waals surface area (Å²) in [5.41, 5.74) is 1.18. The molecule has 0 saturated heterocycles. The SMILES string of the molecule is CS(=O)(=O)Nc1ccc(N2N=C(NC(=O)c3ccccc3)C(n3cccn3)C2=O)cc1. The Morgan fingerprint density at radius 2 is 1.74 bits per heavy atom. The van der Waals surface area contributed by atoms with E-state index in [1.165, 1.54) is 23.0 Å². The van der Waals surface area contributed by atoms with Gasteiger partial charge in [-0.25, -0.2) is 8.42 Å². The van der Waals surface area contributed by atoms with Crippen LogP contribution in [0.15, 0.2) is 78.2 Å². The molecule has 0 saturated carbocycles.